The third-order valence-electron chi connectivity index (χ3n) is 5.48. The fraction of sp³-hybridized carbons (Fsp3) is 0.556. The van der Waals surface area contributed by atoms with Crippen molar-refractivity contribution in [1.82, 2.24) is 24.7 Å². The first-order valence-electron chi connectivity index (χ1n) is 9.10. The predicted octanol–water partition coefficient (Wildman–Crippen LogP) is 3.48. The van der Waals surface area contributed by atoms with Gasteiger partial charge in [-0.15, -0.1) is 21.5 Å². The number of anilines is 1. The number of aromatic nitrogens is 5. The molecular weight excluding hydrogens is 332 g/mol. The predicted molar refractivity (Wildman–Crippen MR) is 99.3 cm³/mol. The molecule has 4 heterocycles. The first kappa shape index (κ1) is 15.3. The highest BCUT2D eigenvalue weighted by atomic mass is 32.1. The van der Waals surface area contributed by atoms with E-state index in [4.69, 9.17) is 4.98 Å². The van der Waals surface area contributed by atoms with Crippen molar-refractivity contribution in [3.63, 3.8) is 0 Å². The molecule has 0 spiro atoms. The van der Waals surface area contributed by atoms with Crippen LogP contribution in [0.2, 0.25) is 0 Å². The summed E-state index contributed by atoms with van der Waals surface area (Å²) < 4.78 is 2.29. The lowest BCUT2D eigenvalue weighted by molar-refractivity contribution is 0.478. The molecular formula is C18H22N6S. The van der Waals surface area contributed by atoms with Crippen LogP contribution >= 0.6 is 11.3 Å². The number of nitrogens with zero attached hydrogens (tertiary/aromatic N) is 6. The third-order valence-corrected chi connectivity index (χ3v) is 6.68. The molecule has 1 aliphatic carbocycles. The van der Waals surface area contributed by atoms with Gasteiger partial charge in [-0.2, -0.15) is 0 Å². The fourth-order valence-corrected chi connectivity index (χ4v) is 5.48. The van der Waals surface area contributed by atoms with Crippen LogP contribution in [0.25, 0.3) is 10.2 Å². The largest absolute Gasteiger partial charge is 0.344 e. The van der Waals surface area contributed by atoms with Crippen LogP contribution in [-0.2, 0) is 19.4 Å². The first-order valence-corrected chi connectivity index (χ1v) is 9.91. The Morgan fingerprint density at radius 2 is 2.04 bits per heavy atom. The van der Waals surface area contributed by atoms with Gasteiger partial charge in [-0.3, -0.25) is 0 Å². The van der Waals surface area contributed by atoms with Gasteiger partial charge in [0.2, 0.25) is 0 Å². The van der Waals surface area contributed by atoms with Crippen LogP contribution < -0.4 is 4.90 Å². The Hall–Kier alpha value is -2.02. The van der Waals surface area contributed by atoms with Gasteiger partial charge in [-0.05, 0) is 31.7 Å². The van der Waals surface area contributed by atoms with Crippen molar-refractivity contribution >= 4 is 27.4 Å². The number of thiophene rings is 1. The van der Waals surface area contributed by atoms with Gasteiger partial charge in [0.25, 0.3) is 0 Å². The molecule has 6 nitrogen and oxygen atoms in total. The average molecular weight is 354 g/mol. The summed E-state index contributed by atoms with van der Waals surface area (Å²) >= 11 is 1.85. The Morgan fingerprint density at radius 3 is 2.88 bits per heavy atom. The van der Waals surface area contributed by atoms with E-state index in [0.717, 1.165) is 41.8 Å². The lowest BCUT2D eigenvalue weighted by Gasteiger charge is -2.35. The van der Waals surface area contributed by atoms with Crippen LogP contribution in [0.4, 0.5) is 5.82 Å². The van der Waals surface area contributed by atoms with E-state index in [2.05, 4.69) is 45.4 Å². The minimum absolute atomic E-state index is 0.170. The quantitative estimate of drug-likeness (QED) is 0.705. The molecule has 3 aromatic rings. The molecule has 7 heteroatoms. The summed E-state index contributed by atoms with van der Waals surface area (Å²) in [6.07, 6.45) is 5.32. The molecule has 0 fully saturated rings. The van der Waals surface area contributed by atoms with Crippen LogP contribution in [0.5, 0.6) is 0 Å². The van der Waals surface area contributed by atoms with Crippen LogP contribution in [-0.4, -0.2) is 31.3 Å². The maximum absolute atomic E-state index is 4.71. The minimum atomic E-state index is 0.170. The second-order valence-electron chi connectivity index (χ2n) is 7.33. The van der Waals surface area contributed by atoms with Crippen LogP contribution in [0.3, 0.4) is 0 Å². The molecule has 2 aliphatic rings. The van der Waals surface area contributed by atoms with Crippen molar-refractivity contribution in [2.45, 2.75) is 58.5 Å². The van der Waals surface area contributed by atoms with Gasteiger partial charge in [0.05, 0.1) is 11.4 Å². The zero-order valence-electron chi connectivity index (χ0n) is 14.9. The zero-order valence-corrected chi connectivity index (χ0v) is 15.7. The molecule has 0 aromatic carbocycles. The Kier molecular flexibility index (Phi) is 3.35. The molecule has 0 bridgehead atoms. The van der Waals surface area contributed by atoms with Gasteiger partial charge in [0.1, 0.15) is 22.8 Å². The summed E-state index contributed by atoms with van der Waals surface area (Å²) in [5.74, 6) is 3.61. The highest BCUT2D eigenvalue weighted by Crippen LogP contribution is 2.42. The molecule has 0 amide bonds. The van der Waals surface area contributed by atoms with Gasteiger partial charge in [0, 0.05) is 23.9 Å². The van der Waals surface area contributed by atoms with E-state index in [0.29, 0.717) is 5.92 Å². The van der Waals surface area contributed by atoms with Gasteiger partial charge in [-0.1, -0.05) is 13.8 Å². The van der Waals surface area contributed by atoms with E-state index in [-0.39, 0.29) is 6.04 Å². The highest BCUT2D eigenvalue weighted by Gasteiger charge is 2.32. The molecule has 0 saturated heterocycles. The topological polar surface area (TPSA) is 59.7 Å². The molecule has 1 unspecified atom stereocenters. The Balaban J connectivity index is 1.62. The summed E-state index contributed by atoms with van der Waals surface area (Å²) in [6, 6.07) is 0.170. The smallest absolute Gasteiger partial charge is 0.155 e. The van der Waals surface area contributed by atoms with Crippen molar-refractivity contribution in [1.29, 1.82) is 0 Å². The maximum atomic E-state index is 4.71. The summed E-state index contributed by atoms with van der Waals surface area (Å²) in [5.41, 5.74) is 1.48. The van der Waals surface area contributed by atoms with Crippen LogP contribution in [0.1, 0.15) is 61.2 Å². The Labute approximate surface area is 150 Å². The molecule has 0 radical (unpaired) electrons. The Bertz CT molecular complexity index is 956. The van der Waals surface area contributed by atoms with Crippen LogP contribution in [0.15, 0.2) is 6.33 Å². The monoisotopic (exact) mass is 354 g/mol. The minimum Gasteiger partial charge on any atom is -0.344 e. The van der Waals surface area contributed by atoms with Gasteiger partial charge >= 0.3 is 0 Å². The van der Waals surface area contributed by atoms with E-state index in [1.165, 1.54) is 28.7 Å². The summed E-state index contributed by atoms with van der Waals surface area (Å²) in [4.78, 5) is 14.3. The van der Waals surface area contributed by atoms with E-state index in [1.807, 2.05) is 11.3 Å². The number of aryl methyl sites for hydroxylation is 2. The lowest BCUT2D eigenvalue weighted by atomic mass is 10.1. The average Bonchev–Trinajstić information content (AvgIpc) is 3.28. The first-order chi connectivity index (χ1) is 12.1. The number of rotatable bonds is 2. The molecule has 1 aliphatic heterocycles. The molecule has 5 rings (SSSR count). The SMILES string of the molecule is CC(C)c1nnc2n1CCN(c1ncnc3sc4c(c13)CCC4)C2C. The molecule has 0 N–H and O–H groups in total. The molecule has 130 valence electrons. The van der Waals surface area contributed by atoms with E-state index in [1.54, 1.807) is 6.33 Å². The fourth-order valence-electron chi connectivity index (χ4n) is 4.25. The van der Waals surface area contributed by atoms with Crippen LogP contribution in [0, 0.1) is 0 Å². The summed E-state index contributed by atoms with van der Waals surface area (Å²) in [7, 11) is 0. The highest BCUT2D eigenvalue weighted by molar-refractivity contribution is 7.19. The standard InChI is InChI=1S/C18H22N6S/c1-10(2)15-21-22-16-11(3)23(7-8-24(15)16)17-14-12-5-4-6-13(12)25-18(14)20-9-19-17/h9-11H,4-8H2,1-3H3. The second-order valence-corrected chi connectivity index (χ2v) is 8.41. The molecule has 3 aromatic heterocycles. The number of hydrogen-bond acceptors (Lipinski definition) is 6. The van der Waals surface area contributed by atoms with Gasteiger partial charge in [0.15, 0.2) is 5.82 Å². The number of fused-ring (bicyclic) bond motifs is 4. The van der Waals surface area contributed by atoms with Gasteiger partial charge in [-0.25, -0.2) is 9.97 Å². The summed E-state index contributed by atoms with van der Waals surface area (Å²) in [5, 5.41) is 10.2. The van der Waals surface area contributed by atoms with Crippen molar-refractivity contribution in [3.05, 3.63) is 28.4 Å². The van der Waals surface area contributed by atoms with Gasteiger partial charge < -0.3 is 9.47 Å². The maximum Gasteiger partial charge on any atom is 0.155 e. The Morgan fingerprint density at radius 1 is 1.16 bits per heavy atom. The molecule has 0 saturated carbocycles. The van der Waals surface area contributed by atoms with E-state index >= 15 is 0 Å². The van der Waals surface area contributed by atoms with Crippen molar-refractivity contribution in [2.24, 2.45) is 0 Å². The third kappa shape index (κ3) is 2.14. The van der Waals surface area contributed by atoms with E-state index < -0.39 is 0 Å². The van der Waals surface area contributed by atoms with Crippen molar-refractivity contribution < 1.29 is 0 Å². The van der Waals surface area contributed by atoms with Crippen molar-refractivity contribution in [3.8, 4) is 0 Å². The second kappa shape index (κ2) is 5.49. The summed E-state index contributed by atoms with van der Waals surface area (Å²) in [6.45, 7) is 8.42. The molecule has 1 atom stereocenters. The zero-order chi connectivity index (χ0) is 17.1. The van der Waals surface area contributed by atoms with E-state index in [9.17, 15) is 0 Å². The number of hydrogen-bond donors (Lipinski definition) is 0. The lowest BCUT2D eigenvalue weighted by Crippen LogP contribution is -2.38. The normalized spacial score (nSPS) is 19.7. The molecule has 25 heavy (non-hydrogen) atoms. The van der Waals surface area contributed by atoms with Crippen molar-refractivity contribution in [2.75, 3.05) is 11.4 Å².